The van der Waals surface area contributed by atoms with Crippen molar-refractivity contribution in [2.75, 3.05) is 38.1 Å². The smallest absolute Gasteiger partial charge is 0.208 e. The lowest BCUT2D eigenvalue weighted by molar-refractivity contribution is 0.287. The Labute approximate surface area is 187 Å². The first-order valence-electron chi connectivity index (χ1n) is 10.4. The van der Waals surface area contributed by atoms with Crippen molar-refractivity contribution < 1.29 is 17.6 Å². The van der Waals surface area contributed by atoms with Crippen LogP contribution in [0, 0.1) is 35.7 Å². The lowest BCUT2D eigenvalue weighted by Crippen LogP contribution is -2.30. The van der Waals surface area contributed by atoms with Crippen LogP contribution in [0.3, 0.4) is 0 Å². The minimum absolute atomic E-state index is 0.000424. The number of halogens is 4. The predicted octanol–water partition coefficient (Wildman–Crippen LogP) is 3.65. The molecule has 172 valence electrons. The van der Waals surface area contributed by atoms with Crippen molar-refractivity contribution in [2.24, 2.45) is 0 Å². The Kier molecular flexibility index (Phi) is 6.08. The van der Waals surface area contributed by atoms with E-state index < -0.39 is 40.3 Å². The molecule has 2 aromatic heterocycles. The third-order valence-corrected chi connectivity index (χ3v) is 5.88. The molecule has 1 saturated heterocycles. The molecule has 33 heavy (non-hydrogen) atoms. The average molecular weight is 459 g/mol. The summed E-state index contributed by atoms with van der Waals surface area (Å²) in [5.41, 5.74) is -2.18. The van der Waals surface area contributed by atoms with Gasteiger partial charge in [-0.1, -0.05) is 12.1 Å². The maximum atomic E-state index is 15.6. The number of likely N-dealkylation sites (N-methyl/N-ethyl adjacent to an activating group) is 1. The van der Waals surface area contributed by atoms with Crippen LogP contribution in [0.15, 0.2) is 29.2 Å². The van der Waals surface area contributed by atoms with Gasteiger partial charge < -0.3 is 9.80 Å². The number of hydrogen-bond acceptors (Lipinski definition) is 5. The van der Waals surface area contributed by atoms with Gasteiger partial charge in [0, 0.05) is 31.4 Å². The molecule has 0 radical (unpaired) electrons. The highest BCUT2D eigenvalue weighted by Gasteiger charge is 2.26. The van der Waals surface area contributed by atoms with Gasteiger partial charge in [0.1, 0.15) is 17.3 Å². The van der Waals surface area contributed by atoms with E-state index in [1.165, 1.54) is 13.0 Å². The van der Waals surface area contributed by atoms with E-state index in [0.29, 0.717) is 19.6 Å². The molecule has 0 N–H and O–H groups in total. The van der Waals surface area contributed by atoms with Gasteiger partial charge in [0.25, 0.3) is 0 Å². The fraction of sp³-hybridized carbons (Fsp3) is 0.348. The first-order chi connectivity index (χ1) is 15.7. The maximum Gasteiger partial charge on any atom is 0.208 e. The summed E-state index contributed by atoms with van der Waals surface area (Å²) in [5, 5.41) is 9.01. The molecule has 3 heterocycles. The number of alkyl halides is 1. The summed E-state index contributed by atoms with van der Waals surface area (Å²) in [6.07, 6.45) is -0.663. The van der Waals surface area contributed by atoms with E-state index in [2.05, 4.69) is 9.88 Å². The number of nitrogens with zero attached hydrogens (tertiary/aromatic N) is 5. The lowest BCUT2D eigenvalue weighted by Gasteiger charge is -2.24. The molecular formula is C23H21F4N5O. The van der Waals surface area contributed by atoms with Crippen molar-refractivity contribution >= 4 is 16.9 Å². The fourth-order valence-electron chi connectivity index (χ4n) is 3.96. The molecule has 4 rings (SSSR count). The third-order valence-electron chi connectivity index (χ3n) is 5.88. The minimum Gasteiger partial charge on any atom is -0.353 e. The Balaban J connectivity index is 1.93. The van der Waals surface area contributed by atoms with Crippen molar-refractivity contribution in [1.82, 2.24) is 14.5 Å². The minimum atomic E-state index is -2.31. The summed E-state index contributed by atoms with van der Waals surface area (Å²) in [5.74, 6) is -3.44. The van der Waals surface area contributed by atoms with Crippen LogP contribution in [0.5, 0.6) is 0 Å². The molecule has 0 amide bonds. The van der Waals surface area contributed by atoms with Crippen LogP contribution in [0.25, 0.3) is 11.0 Å². The van der Waals surface area contributed by atoms with Crippen LogP contribution >= 0.6 is 0 Å². The van der Waals surface area contributed by atoms with Gasteiger partial charge in [0.2, 0.25) is 11.7 Å². The zero-order valence-corrected chi connectivity index (χ0v) is 18.1. The van der Waals surface area contributed by atoms with E-state index in [1.54, 1.807) is 11.0 Å². The van der Waals surface area contributed by atoms with E-state index >= 15 is 8.78 Å². The molecule has 3 aromatic rings. The number of aryl methyl sites for hydroxylation is 1. The first-order valence-corrected chi connectivity index (χ1v) is 10.4. The number of fused-ring (bicyclic) bond motifs is 1. The monoisotopic (exact) mass is 459 g/mol. The number of aromatic nitrogens is 2. The van der Waals surface area contributed by atoms with Gasteiger partial charge in [-0.25, -0.2) is 22.5 Å². The Morgan fingerprint density at radius 2 is 1.88 bits per heavy atom. The average Bonchev–Trinajstić information content (AvgIpc) is 3.02. The first kappa shape index (κ1) is 22.7. The number of benzene rings is 1. The molecule has 10 heteroatoms. The predicted molar refractivity (Wildman–Crippen MR) is 115 cm³/mol. The van der Waals surface area contributed by atoms with Gasteiger partial charge in [-0.3, -0.25) is 9.36 Å². The molecule has 6 nitrogen and oxygen atoms in total. The van der Waals surface area contributed by atoms with Crippen LogP contribution < -0.4 is 10.3 Å². The third kappa shape index (κ3) is 4.04. The summed E-state index contributed by atoms with van der Waals surface area (Å²) in [7, 11) is 1.94. The second-order valence-electron chi connectivity index (χ2n) is 8.14. The van der Waals surface area contributed by atoms with E-state index in [0.717, 1.165) is 35.9 Å². The number of anilines is 1. The summed E-state index contributed by atoms with van der Waals surface area (Å²) < 4.78 is 60.0. The van der Waals surface area contributed by atoms with Crippen LogP contribution in [-0.4, -0.2) is 47.7 Å². The van der Waals surface area contributed by atoms with Crippen LogP contribution in [0.2, 0.25) is 0 Å². The molecular weight excluding hydrogens is 438 g/mol. The number of hydrogen-bond donors (Lipinski definition) is 0. The summed E-state index contributed by atoms with van der Waals surface area (Å²) >= 11 is 0. The second-order valence-corrected chi connectivity index (χ2v) is 8.14. The largest absolute Gasteiger partial charge is 0.353 e. The molecule has 0 spiro atoms. The molecule has 0 bridgehead atoms. The quantitative estimate of drug-likeness (QED) is 0.560. The highest BCUT2D eigenvalue weighted by Crippen LogP contribution is 2.30. The molecule has 1 aromatic carbocycles. The van der Waals surface area contributed by atoms with Crippen LogP contribution in [0.4, 0.5) is 23.4 Å². The summed E-state index contributed by atoms with van der Waals surface area (Å²) in [4.78, 5) is 20.7. The van der Waals surface area contributed by atoms with Crippen molar-refractivity contribution in [3.05, 3.63) is 68.8 Å². The molecule has 0 saturated carbocycles. The summed E-state index contributed by atoms with van der Waals surface area (Å²) in [6, 6.07) is 4.88. The Morgan fingerprint density at radius 1 is 1.12 bits per heavy atom. The molecule has 0 aliphatic carbocycles. The van der Waals surface area contributed by atoms with Gasteiger partial charge >= 0.3 is 0 Å². The molecule has 1 fully saturated rings. The number of nitriles is 1. The molecule has 1 atom stereocenters. The van der Waals surface area contributed by atoms with Gasteiger partial charge in [-0.15, -0.1) is 0 Å². The zero-order valence-electron chi connectivity index (χ0n) is 18.1. The van der Waals surface area contributed by atoms with Crippen molar-refractivity contribution in [3.8, 4) is 6.07 Å². The Bertz CT molecular complexity index is 1330. The topological polar surface area (TPSA) is 65.2 Å². The van der Waals surface area contributed by atoms with Crippen molar-refractivity contribution in [2.45, 2.75) is 19.6 Å². The fourth-order valence-corrected chi connectivity index (χ4v) is 3.96. The van der Waals surface area contributed by atoms with E-state index in [4.69, 9.17) is 0 Å². The molecule has 1 aliphatic heterocycles. The lowest BCUT2D eigenvalue weighted by atomic mass is 10.1. The Morgan fingerprint density at radius 3 is 2.61 bits per heavy atom. The van der Waals surface area contributed by atoms with Crippen LogP contribution in [0.1, 0.15) is 29.4 Å². The standard InChI is InChI=1S/C23H21F4N5O/c1-13-4-5-15(19(26)18(13)25)21(27)32-12-14(11-28)20(33)16-10-17(24)23(29-22(16)32)31-7-3-6-30(2)8-9-31/h4-5,10,12,21H,3,6-9H2,1-2H3. The maximum absolute atomic E-state index is 15.6. The summed E-state index contributed by atoms with van der Waals surface area (Å²) in [6.45, 7) is 3.76. The SMILES string of the molecule is Cc1ccc(C(F)n2cc(C#N)c(=O)c3cc(F)c(N4CCCN(C)CC4)nc32)c(F)c1F. The van der Waals surface area contributed by atoms with E-state index in [-0.39, 0.29) is 22.4 Å². The van der Waals surface area contributed by atoms with Gasteiger partial charge in [0.15, 0.2) is 23.3 Å². The van der Waals surface area contributed by atoms with Gasteiger partial charge in [0.05, 0.1) is 5.39 Å². The molecule has 1 aliphatic rings. The van der Waals surface area contributed by atoms with Gasteiger partial charge in [-0.05, 0) is 38.6 Å². The highest BCUT2D eigenvalue weighted by atomic mass is 19.2. The van der Waals surface area contributed by atoms with E-state index in [1.807, 2.05) is 7.05 Å². The normalized spacial score (nSPS) is 16.0. The number of rotatable bonds is 3. The van der Waals surface area contributed by atoms with Crippen molar-refractivity contribution in [3.63, 3.8) is 0 Å². The van der Waals surface area contributed by atoms with Crippen LogP contribution in [-0.2, 0) is 0 Å². The second kappa shape index (κ2) is 8.83. The Hall–Kier alpha value is -3.45. The zero-order chi connectivity index (χ0) is 23.9. The van der Waals surface area contributed by atoms with Gasteiger partial charge in [-0.2, -0.15) is 5.26 Å². The number of pyridine rings is 2. The van der Waals surface area contributed by atoms with E-state index in [9.17, 15) is 18.8 Å². The molecule has 1 unspecified atom stereocenters. The highest BCUT2D eigenvalue weighted by molar-refractivity contribution is 5.79. The van der Waals surface area contributed by atoms with Crippen molar-refractivity contribution in [1.29, 1.82) is 5.26 Å².